The summed E-state index contributed by atoms with van der Waals surface area (Å²) in [6.45, 7) is 2.35. The summed E-state index contributed by atoms with van der Waals surface area (Å²) < 4.78 is 43.2. The van der Waals surface area contributed by atoms with Gasteiger partial charge in [-0.1, -0.05) is 0 Å². The minimum absolute atomic E-state index is 0.0826. The van der Waals surface area contributed by atoms with Gasteiger partial charge >= 0.3 is 0 Å². The first kappa shape index (κ1) is 10.6. The van der Waals surface area contributed by atoms with E-state index >= 15 is 0 Å². The van der Waals surface area contributed by atoms with E-state index < -0.39 is 23.2 Å². The van der Waals surface area contributed by atoms with E-state index in [1.165, 1.54) is 13.8 Å². The van der Waals surface area contributed by atoms with Gasteiger partial charge in [0.05, 0.1) is 0 Å². The number of halogens is 3. The van der Waals surface area contributed by atoms with Crippen molar-refractivity contribution < 1.29 is 22.7 Å². The molecule has 0 saturated carbocycles. The van der Waals surface area contributed by atoms with Crippen molar-refractivity contribution >= 4 is 6.47 Å². The van der Waals surface area contributed by atoms with Crippen molar-refractivity contribution in [2.24, 2.45) is 0 Å². The van der Waals surface area contributed by atoms with E-state index in [0.717, 1.165) is 0 Å². The molecule has 76 valence electrons. The van der Waals surface area contributed by atoms with Crippen LogP contribution < -0.4 is 4.74 Å². The quantitative estimate of drug-likeness (QED) is 0.545. The zero-order valence-electron chi connectivity index (χ0n) is 7.53. The van der Waals surface area contributed by atoms with Crippen molar-refractivity contribution in [3.8, 4) is 5.75 Å². The fourth-order valence-corrected chi connectivity index (χ4v) is 1.01. The van der Waals surface area contributed by atoms with E-state index in [4.69, 9.17) is 0 Å². The van der Waals surface area contributed by atoms with Crippen LogP contribution in [0.5, 0.6) is 5.75 Å². The molecule has 0 heterocycles. The molecule has 0 spiro atoms. The fraction of sp³-hybridized carbons (Fsp3) is 0.222. The smallest absolute Gasteiger partial charge is 0.298 e. The lowest BCUT2D eigenvalue weighted by Crippen LogP contribution is -2.04. The maximum absolute atomic E-state index is 13.2. The van der Waals surface area contributed by atoms with E-state index in [2.05, 4.69) is 4.74 Å². The Kier molecular flexibility index (Phi) is 2.78. The Balaban J connectivity index is 3.50. The third kappa shape index (κ3) is 1.45. The fourth-order valence-electron chi connectivity index (χ4n) is 1.01. The topological polar surface area (TPSA) is 26.3 Å². The van der Waals surface area contributed by atoms with Gasteiger partial charge in [0.2, 0.25) is 11.6 Å². The van der Waals surface area contributed by atoms with Crippen molar-refractivity contribution in [3.63, 3.8) is 0 Å². The third-order valence-corrected chi connectivity index (χ3v) is 1.98. The molecule has 5 heteroatoms. The van der Waals surface area contributed by atoms with Crippen LogP contribution in [0, 0.1) is 31.3 Å². The van der Waals surface area contributed by atoms with Crippen LogP contribution in [-0.4, -0.2) is 6.47 Å². The first-order valence-electron chi connectivity index (χ1n) is 3.74. The Morgan fingerprint density at radius 2 is 1.50 bits per heavy atom. The summed E-state index contributed by atoms with van der Waals surface area (Å²) in [6, 6.07) is 0. The summed E-state index contributed by atoms with van der Waals surface area (Å²) in [5, 5.41) is 0. The van der Waals surface area contributed by atoms with Gasteiger partial charge in [0.15, 0.2) is 11.6 Å². The summed E-state index contributed by atoms with van der Waals surface area (Å²) in [6.07, 6.45) is 0. The summed E-state index contributed by atoms with van der Waals surface area (Å²) in [5.41, 5.74) is -0.223. The second-order valence-corrected chi connectivity index (χ2v) is 2.74. The van der Waals surface area contributed by atoms with Crippen LogP contribution >= 0.6 is 0 Å². The molecule has 0 aliphatic rings. The largest absolute Gasteiger partial charge is 0.422 e. The summed E-state index contributed by atoms with van der Waals surface area (Å²) >= 11 is 0. The van der Waals surface area contributed by atoms with Crippen molar-refractivity contribution in [1.82, 2.24) is 0 Å². The van der Waals surface area contributed by atoms with Gasteiger partial charge in [-0.2, -0.15) is 4.39 Å². The highest BCUT2D eigenvalue weighted by atomic mass is 19.2. The van der Waals surface area contributed by atoms with E-state index in [1.807, 2.05) is 0 Å². The molecule has 0 bridgehead atoms. The molecule has 0 aromatic heterocycles. The van der Waals surface area contributed by atoms with Crippen molar-refractivity contribution in [1.29, 1.82) is 0 Å². The number of benzene rings is 1. The van der Waals surface area contributed by atoms with Crippen LogP contribution in [0.2, 0.25) is 0 Å². The van der Waals surface area contributed by atoms with Gasteiger partial charge < -0.3 is 4.74 Å². The molecule has 1 aromatic rings. The van der Waals surface area contributed by atoms with Gasteiger partial charge in [-0.15, -0.1) is 0 Å². The standard InChI is InChI=1S/C9H7F3O2/c1-4-5(2)7(11)9(14-3-13)8(12)6(4)10/h3H,1-2H3. The molecule has 0 aliphatic carbocycles. The molecule has 0 amide bonds. The average Bonchev–Trinajstić information content (AvgIpc) is 2.19. The Labute approximate surface area is 78.3 Å². The average molecular weight is 204 g/mol. The third-order valence-electron chi connectivity index (χ3n) is 1.98. The molecule has 0 aliphatic heterocycles. The zero-order valence-corrected chi connectivity index (χ0v) is 7.53. The number of ether oxygens (including phenoxy) is 1. The number of carbonyl (C=O) groups excluding carboxylic acids is 1. The van der Waals surface area contributed by atoms with Crippen molar-refractivity contribution in [2.45, 2.75) is 13.8 Å². The van der Waals surface area contributed by atoms with E-state index in [0.29, 0.717) is 0 Å². The Hall–Kier alpha value is -1.52. The SMILES string of the molecule is Cc1c(C)c(F)c(OC=O)c(F)c1F. The highest BCUT2D eigenvalue weighted by molar-refractivity contribution is 5.48. The molecule has 0 fully saturated rings. The summed E-state index contributed by atoms with van der Waals surface area (Å²) in [4.78, 5) is 9.91. The molecular formula is C9H7F3O2. The number of hydrogen-bond donors (Lipinski definition) is 0. The predicted molar refractivity (Wildman–Crippen MR) is 42.5 cm³/mol. The molecule has 1 rings (SSSR count). The van der Waals surface area contributed by atoms with Crippen molar-refractivity contribution in [2.75, 3.05) is 0 Å². The number of rotatable bonds is 2. The van der Waals surface area contributed by atoms with Gasteiger partial charge in [0, 0.05) is 0 Å². The Morgan fingerprint density at radius 1 is 1.00 bits per heavy atom. The lowest BCUT2D eigenvalue weighted by atomic mass is 10.1. The Morgan fingerprint density at radius 3 is 2.00 bits per heavy atom. The van der Waals surface area contributed by atoms with Gasteiger partial charge in [0.25, 0.3) is 6.47 Å². The minimum Gasteiger partial charge on any atom is -0.422 e. The second-order valence-electron chi connectivity index (χ2n) is 2.74. The van der Waals surface area contributed by atoms with Crippen LogP contribution in [-0.2, 0) is 4.79 Å². The summed E-state index contributed by atoms with van der Waals surface area (Å²) in [5.74, 6) is -4.76. The van der Waals surface area contributed by atoms with Crippen molar-refractivity contribution in [3.05, 3.63) is 28.6 Å². The zero-order chi connectivity index (χ0) is 10.9. The van der Waals surface area contributed by atoms with Gasteiger partial charge in [0.1, 0.15) is 0 Å². The predicted octanol–water partition coefficient (Wildman–Crippen LogP) is 2.26. The van der Waals surface area contributed by atoms with E-state index in [9.17, 15) is 18.0 Å². The Bertz CT molecular complexity index is 359. The van der Waals surface area contributed by atoms with E-state index in [-0.39, 0.29) is 17.6 Å². The van der Waals surface area contributed by atoms with Gasteiger partial charge in [-0.25, -0.2) is 8.78 Å². The number of hydrogen-bond acceptors (Lipinski definition) is 2. The van der Waals surface area contributed by atoms with Crippen LogP contribution in [0.3, 0.4) is 0 Å². The molecule has 0 atom stereocenters. The molecule has 0 N–H and O–H groups in total. The lowest BCUT2D eigenvalue weighted by molar-refractivity contribution is -0.121. The monoisotopic (exact) mass is 204 g/mol. The van der Waals surface area contributed by atoms with E-state index in [1.54, 1.807) is 0 Å². The maximum Gasteiger partial charge on any atom is 0.298 e. The maximum atomic E-state index is 13.2. The summed E-state index contributed by atoms with van der Waals surface area (Å²) in [7, 11) is 0. The lowest BCUT2D eigenvalue weighted by Gasteiger charge is -2.08. The molecule has 0 saturated heterocycles. The first-order valence-corrected chi connectivity index (χ1v) is 3.74. The molecular weight excluding hydrogens is 197 g/mol. The van der Waals surface area contributed by atoms with Crippen LogP contribution in [0.25, 0.3) is 0 Å². The first-order chi connectivity index (χ1) is 6.50. The van der Waals surface area contributed by atoms with Crippen LogP contribution in [0.15, 0.2) is 0 Å². The molecule has 0 radical (unpaired) electrons. The minimum atomic E-state index is -1.49. The molecule has 1 aromatic carbocycles. The molecule has 2 nitrogen and oxygen atoms in total. The highest BCUT2D eigenvalue weighted by Crippen LogP contribution is 2.29. The molecule has 14 heavy (non-hydrogen) atoms. The normalized spacial score (nSPS) is 10.1. The number of carbonyl (C=O) groups is 1. The van der Waals surface area contributed by atoms with Gasteiger partial charge in [-0.05, 0) is 25.0 Å². The molecule has 0 unspecified atom stereocenters. The second kappa shape index (κ2) is 3.69. The van der Waals surface area contributed by atoms with Gasteiger partial charge in [-0.3, -0.25) is 4.79 Å². The van der Waals surface area contributed by atoms with Crippen LogP contribution in [0.1, 0.15) is 11.1 Å². The van der Waals surface area contributed by atoms with Crippen LogP contribution in [0.4, 0.5) is 13.2 Å². The highest BCUT2D eigenvalue weighted by Gasteiger charge is 2.21.